The number of rotatable bonds is 8. The van der Waals surface area contributed by atoms with Crippen molar-refractivity contribution in [1.82, 2.24) is 5.32 Å². The molecule has 0 heterocycles. The van der Waals surface area contributed by atoms with Gasteiger partial charge < -0.3 is 10.1 Å². The van der Waals surface area contributed by atoms with Crippen LogP contribution in [-0.2, 0) is 6.42 Å². The molecule has 0 amide bonds. The van der Waals surface area contributed by atoms with Gasteiger partial charge in [-0.15, -0.1) is 0 Å². The van der Waals surface area contributed by atoms with E-state index >= 15 is 0 Å². The van der Waals surface area contributed by atoms with Crippen LogP contribution in [0, 0.1) is 0 Å². The lowest BCUT2D eigenvalue weighted by Crippen LogP contribution is -2.30. The highest BCUT2D eigenvalue weighted by atomic mass is 32.2. The SMILES string of the molecule is CCC(C)SCC(Cc1ccccc1OC)NC. The van der Waals surface area contributed by atoms with Gasteiger partial charge in [0, 0.05) is 17.0 Å². The average molecular weight is 267 g/mol. The standard InChI is InChI=1S/C15H25NOS/c1-5-12(2)18-11-14(16-3)10-13-8-6-7-9-15(13)17-4/h6-9,12,14,16H,5,10-11H2,1-4H3. The maximum atomic E-state index is 5.40. The molecule has 0 fully saturated rings. The summed E-state index contributed by atoms with van der Waals surface area (Å²) in [5, 5.41) is 4.14. The molecule has 0 spiro atoms. The van der Waals surface area contributed by atoms with Crippen molar-refractivity contribution in [2.24, 2.45) is 0 Å². The summed E-state index contributed by atoms with van der Waals surface area (Å²) in [6.45, 7) is 4.53. The van der Waals surface area contributed by atoms with E-state index in [-0.39, 0.29) is 0 Å². The summed E-state index contributed by atoms with van der Waals surface area (Å²) in [6, 6.07) is 8.78. The Morgan fingerprint density at radius 2 is 2.06 bits per heavy atom. The normalized spacial score (nSPS) is 14.2. The monoisotopic (exact) mass is 267 g/mol. The Hall–Kier alpha value is -0.670. The summed E-state index contributed by atoms with van der Waals surface area (Å²) in [6.07, 6.45) is 2.25. The molecule has 0 radical (unpaired) electrons. The first-order chi connectivity index (χ1) is 8.71. The van der Waals surface area contributed by atoms with Gasteiger partial charge in [0.1, 0.15) is 5.75 Å². The van der Waals surface area contributed by atoms with Gasteiger partial charge in [-0.1, -0.05) is 32.0 Å². The quantitative estimate of drug-likeness (QED) is 0.780. The molecule has 0 aliphatic heterocycles. The highest BCUT2D eigenvalue weighted by Crippen LogP contribution is 2.21. The maximum absolute atomic E-state index is 5.40. The number of para-hydroxylation sites is 1. The summed E-state index contributed by atoms with van der Waals surface area (Å²) in [7, 11) is 3.78. The van der Waals surface area contributed by atoms with Crippen molar-refractivity contribution in [3.8, 4) is 5.75 Å². The number of likely N-dealkylation sites (N-methyl/N-ethyl adjacent to an activating group) is 1. The average Bonchev–Trinajstić information content (AvgIpc) is 2.43. The number of nitrogens with one attached hydrogen (secondary N) is 1. The molecular weight excluding hydrogens is 242 g/mol. The Labute approximate surface area is 116 Å². The van der Waals surface area contributed by atoms with E-state index in [0.717, 1.165) is 23.2 Å². The van der Waals surface area contributed by atoms with Crippen molar-refractivity contribution >= 4 is 11.8 Å². The van der Waals surface area contributed by atoms with E-state index in [0.29, 0.717) is 6.04 Å². The molecule has 2 atom stereocenters. The molecule has 1 aromatic rings. The third kappa shape index (κ3) is 4.91. The molecule has 0 saturated heterocycles. The second-order valence-electron chi connectivity index (χ2n) is 4.55. The summed E-state index contributed by atoms with van der Waals surface area (Å²) < 4.78 is 5.40. The summed E-state index contributed by atoms with van der Waals surface area (Å²) in [4.78, 5) is 0. The fourth-order valence-corrected chi connectivity index (χ4v) is 2.86. The van der Waals surface area contributed by atoms with Crippen LogP contribution in [0.3, 0.4) is 0 Å². The smallest absolute Gasteiger partial charge is 0.122 e. The topological polar surface area (TPSA) is 21.3 Å². The number of benzene rings is 1. The summed E-state index contributed by atoms with van der Waals surface area (Å²) >= 11 is 2.04. The number of ether oxygens (including phenoxy) is 1. The lowest BCUT2D eigenvalue weighted by Gasteiger charge is -2.19. The minimum absolute atomic E-state index is 0.500. The van der Waals surface area contributed by atoms with Crippen LogP contribution in [0.15, 0.2) is 24.3 Å². The molecule has 0 aromatic heterocycles. The lowest BCUT2D eigenvalue weighted by molar-refractivity contribution is 0.407. The minimum atomic E-state index is 0.500. The molecule has 0 aliphatic rings. The predicted molar refractivity (Wildman–Crippen MR) is 81.8 cm³/mol. The molecule has 2 nitrogen and oxygen atoms in total. The molecule has 3 heteroatoms. The van der Waals surface area contributed by atoms with Crippen LogP contribution in [0.25, 0.3) is 0 Å². The number of methoxy groups -OCH3 is 1. The van der Waals surface area contributed by atoms with Gasteiger partial charge >= 0.3 is 0 Å². The molecule has 0 bridgehead atoms. The van der Waals surface area contributed by atoms with Crippen LogP contribution in [-0.4, -0.2) is 31.2 Å². The van der Waals surface area contributed by atoms with Crippen molar-refractivity contribution in [3.63, 3.8) is 0 Å². The van der Waals surface area contributed by atoms with E-state index in [1.807, 2.05) is 30.9 Å². The van der Waals surface area contributed by atoms with E-state index in [1.165, 1.54) is 12.0 Å². The van der Waals surface area contributed by atoms with Gasteiger partial charge in [-0.25, -0.2) is 0 Å². The van der Waals surface area contributed by atoms with Crippen LogP contribution in [0.4, 0.5) is 0 Å². The molecular formula is C15H25NOS. The van der Waals surface area contributed by atoms with Gasteiger partial charge in [0.25, 0.3) is 0 Å². The molecule has 18 heavy (non-hydrogen) atoms. The fraction of sp³-hybridized carbons (Fsp3) is 0.600. The maximum Gasteiger partial charge on any atom is 0.122 e. The molecule has 1 aromatic carbocycles. The Kier molecular flexibility index (Phi) is 7.21. The molecule has 102 valence electrons. The van der Waals surface area contributed by atoms with Gasteiger partial charge in [-0.05, 0) is 31.5 Å². The Balaban J connectivity index is 2.56. The lowest BCUT2D eigenvalue weighted by atomic mass is 10.1. The zero-order chi connectivity index (χ0) is 13.4. The molecule has 0 aliphatic carbocycles. The Bertz CT molecular complexity index is 343. The minimum Gasteiger partial charge on any atom is -0.496 e. The first kappa shape index (κ1) is 15.4. The third-order valence-corrected chi connectivity index (χ3v) is 4.72. The number of thioether (sulfide) groups is 1. The number of hydrogen-bond acceptors (Lipinski definition) is 3. The van der Waals surface area contributed by atoms with E-state index in [1.54, 1.807) is 7.11 Å². The fourth-order valence-electron chi connectivity index (χ4n) is 1.78. The molecule has 2 unspecified atom stereocenters. The summed E-state index contributed by atoms with van der Waals surface area (Å²) in [5.41, 5.74) is 1.28. The van der Waals surface area contributed by atoms with Crippen LogP contribution >= 0.6 is 11.8 Å². The van der Waals surface area contributed by atoms with Crippen LogP contribution in [0.1, 0.15) is 25.8 Å². The van der Waals surface area contributed by atoms with E-state index in [4.69, 9.17) is 4.74 Å². The molecule has 0 saturated carbocycles. The first-order valence-corrected chi connectivity index (χ1v) is 7.66. The number of hydrogen-bond donors (Lipinski definition) is 1. The first-order valence-electron chi connectivity index (χ1n) is 6.62. The van der Waals surface area contributed by atoms with Gasteiger partial charge in [-0.2, -0.15) is 11.8 Å². The largest absolute Gasteiger partial charge is 0.496 e. The van der Waals surface area contributed by atoms with Crippen molar-refractivity contribution in [2.75, 3.05) is 19.9 Å². The highest BCUT2D eigenvalue weighted by molar-refractivity contribution is 7.99. The summed E-state index contributed by atoms with van der Waals surface area (Å²) in [5.74, 6) is 2.13. The van der Waals surface area contributed by atoms with Crippen molar-refractivity contribution in [3.05, 3.63) is 29.8 Å². The predicted octanol–water partition coefficient (Wildman–Crippen LogP) is 3.36. The zero-order valence-corrected chi connectivity index (χ0v) is 12.7. The van der Waals surface area contributed by atoms with Gasteiger partial charge in [0.2, 0.25) is 0 Å². The van der Waals surface area contributed by atoms with Gasteiger partial charge in [0.05, 0.1) is 7.11 Å². The van der Waals surface area contributed by atoms with Gasteiger partial charge in [0.15, 0.2) is 0 Å². The Morgan fingerprint density at radius 1 is 1.33 bits per heavy atom. The van der Waals surface area contributed by atoms with E-state index in [9.17, 15) is 0 Å². The second kappa shape index (κ2) is 8.44. The highest BCUT2D eigenvalue weighted by Gasteiger charge is 2.12. The van der Waals surface area contributed by atoms with Crippen molar-refractivity contribution in [2.45, 2.75) is 38.0 Å². The van der Waals surface area contributed by atoms with Crippen LogP contribution in [0.2, 0.25) is 0 Å². The van der Waals surface area contributed by atoms with Gasteiger partial charge in [-0.3, -0.25) is 0 Å². The third-order valence-electron chi connectivity index (χ3n) is 3.22. The second-order valence-corrected chi connectivity index (χ2v) is 6.03. The Morgan fingerprint density at radius 3 is 2.67 bits per heavy atom. The molecule has 1 rings (SSSR count). The zero-order valence-electron chi connectivity index (χ0n) is 11.9. The van der Waals surface area contributed by atoms with Crippen molar-refractivity contribution < 1.29 is 4.74 Å². The van der Waals surface area contributed by atoms with Crippen LogP contribution in [0.5, 0.6) is 5.75 Å². The van der Waals surface area contributed by atoms with E-state index < -0.39 is 0 Å². The molecule has 1 N–H and O–H groups in total. The van der Waals surface area contributed by atoms with Crippen molar-refractivity contribution in [1.29, 1.82) is 0 Å². The van der Waals surface area contributed by atoms with Crippen LogP contribution < -0.4 is 10.1 Å². The van der Waals surface area contributed by atoms with E-state index in [2.05, 4.69) is 31.3 Å².